The van der Waals surface area contributed by atoms with E-state index in [1.54, 1.807) is 6.07 Å². The zero-order valence-electron chi connectivity index (χ0n) is 14.9. The molecule has 0 saturated carbocycles. The number of nitrogens with one attached hydrogen (secondary N) is 1. The van der Waals surface area contributed by atoms with Gasteiger partial charge in [0.1, 0.15) is 0 Å². The molecular weight excluding hydrogens is 346 g/mol. The number of aromatic nitrogens is 3. The van der Waals surface area contributed by atoms with Gasteiger partial charge in [0.25, 0.3) is 11.5 Å². The van der Waals surface area contributed by atoms with Crippen molar-refractivity contribution >= 4 is 16.7 Å². The van der Waals surface area contributed by atoms with Crippen LogP contribution in [0.15, 0.2) is 45.8 Å². The van der Waals surface area contributed by atoms with Gasteiger partial charge >= 0.3 is 0 Å². The number of fused-ring (bicyclic) bond motifs is 1. The van der Waals surface area contributed by atoms with Crippen molar-refractivity contribution in [2.24, 2.45) is 0 Å². The third-order valence-electron chi connectivity index (χ3n) is 4.85. The smallest absolute Gasteiger partial charge is 0.290 e. The van der Waals surface area contributed by atoms with E-state index < -0.39 is 0 Å². The molecule has 1 saturated heterocycles. The predicted molar refractivity (Wildman–Crippen MR) is 99.4 cm³/mol. The highest BCUT2D eigenvalue weighted by atomic mass is 16.5. The number of hydrogen-bond acceptors (Lipinski definition) is 6. The van der Waals surface area contributed by atoms with Gasteiger partial charge in [-0.15, -0.1) is 0 Å². The highest BCUT2D eigenvalue weighted by molar-refractivity contribution is 5.91. The van der Waals surface area contributed by atoms with Crippen LogP contribution in [0, 0.1) is 0 Å². The van der Waals surface area contributed by atoms with Crippen LogP contribution in [-0.2, 0) is 13.1 Å². The highest BCUT2D eigenvalue weighted by Gasteiger charge is 2.15. The summed E-state index contributed by atoms with van der Waals surface area (Å²) >= 11 is 0. The van der Waals surface area contributed by atoms with Crippen molar-refractivity contribution < 1.29 is 9.32 Å². The second-order valence-corrected chi connectivity index (χ2v) is 6.63. The monoisotopic (exact) mass is 367 g/mol. The van der Waals surface area contributed by atoms with E-state index in [-0.39, 0.29) is 23.8 Å². The van der Waals surface area contributed by atoms with Crippen LogP contribution < -0.4 is 10.9 Å². The first-order chi connectivity index (χ1) is 13.2. The van der Waals surface area contributed by atoms with Crippen LogP contribution >= 0.6 is 0 Å². The number of likely N-dealkylation sites (tertiary alicyclic amines) is 1. The molecule has 0 aliphatic carbocycles. The van der Waals surface area contributed by atoms with Crippen LogP contribution in [0.5, 0.6) is 0 Å². The molecule has 1 N–H and O–H groups in total. The van der Waals surface area contributed by atoms with E-state index in [9.17, 15) is 9.59 Å². The Balaban J connectivity index is 1.59. The lowest BCUT2D eigenvalue weighted by Crippen LogP contribution is -2.32. The normalized spacial score (nSPS) is 14.7. The van der Waals surface area contributed by atoms with Gasteiger partial charge < -0.3 is 14.7 Å². The van der Waals surface area contributed by atoms with E-state index in [4.69, 9.17) is 4.52 Å². The van der Waals surface area contributed by atoms with E-state index in [0.29, 0.717) is 17.6 Å². The van der Waals surface area contributed by atoms with Crippen molar-refractivity contribution in [3.05, 3.63) is 58.3 Å². The summed E-state index contributed by atoms with van der Waals surface area (Å²) in [7, 11) is 0. The molecule has 2 aromatic heterocycles. The lowest BCUT2D eigenvalue weighted by atomic mass is 10.1. The van der Waals surface area contributed by atoms with Crippen LogP contribution in [0.3, 0.4) is 0 Å². The van der Waals surface area contributed by atoms with Crippen molar-refractivity contribution in [3.63, 3.8) is 0 Å². The molecule has 0 bridgehead atoms. The summed E-state index contributed by atoms with van der Waals surface area (Å²) in [6, 6.07) is 8.85. The minimum absolute atomic E-state index is 0.102. The molecule has 1 aliphatic heterocycles. The fraction of sp³-hybridized carbons (Fsp3) is 0.368. The zero-order chi connectivity index (χ0) is 18.6. The molecule has 1 aliphatic rings. The Morgan fingerprint density at radius 1 is 1.11 bits per heavy atom. The summed E-state index contributed by atoms with van der Waals surface area (Å²) in [5.41, 5.74) is 0.551. The molecule has 3 heterocycles. The van der Waals surface area contributed by atoms with Gasteiger partial charge in [-0.05, 0) is 32.0 Å². The molecule has 27 heavy (non-hydrogen) atoms. The Hall–Kier alpha value is -3.00. The van der Waals surface area contributed by atoms with Crippen LogP contribution in [0.2, 0.25) is 0 Å². The van der Waals surface area contributed by atoms with Crippen LogP contribution in [0.1, 0.15) is 29.1 Å². The molecule has 8 heteroatoms. The molecule has 140 valence electrons. The molecule has 8 nitrogen and oxygen atoms in total. The van der Waals surface area contributed by atoms with E-state index in [1.807, 2.05) is 18.2 Å². The van der Waals surface area contributed by atoms with E-state index in [1.165, 1.54) is 29.8 Å². The van der Waals surface area contributed by atoms with Gasteiger partial charge in [-0.2, -0.15) is 5.10 Å². The Morgan fingerprint density at radius 2 is 1.89 bits per heavy atom. The third kappa shape index (κ3) is 3.75. The largest absolute Gasteiger partial charge is 0.351 e. The number of carbonyl (C=O) groups excluding carboxylic acids is 1. The Bertz CT molecular complexity index is 990. The number of rotatable bonds is 6. The number of carbonyl (C=O) groups is 1. The quantitative estimate of drug-likeness (QED) is 0.708. The molecule has 0 spiro atoms. The van der Waals surface area contributed by atoms with Crippen molar-refractivity contribution in [2.75, 3.05) is 19.6 Å². The van der Waals surface area contributed by atoms with Gasteiger partial charge in [-0.25, -0.2) is 4.68 Å². The summed E-state index contributed by atoms with van der Waals surface area (Å²) in [6.07, 6.45) is 3.83. The van der Waals surface area contributed by atoms with Crippen molar-refractivity contribution in [3.8, 4) is 0 Å². The maximum absolute atomic E-state index is 12.8. The molecule has 1 amide bonds. The van der Waals surface area contributed by atoms with Crippen LogP contribution in [0.25, 0.3) is 10.8 Å². The lowest BCUT2D eigenvalue weighted by Gasteiger charge is -2.16. The summed E-state index contributed by atoms with van der Waals surface area (Å²) < 4.78 is 6.38. The SMILES string of the molecule is O=C(NCc1nn(CCN2CCCC2)c(=O)c2ccccc12)c1ccno1. The number of amides is 1. The van der Waals surface area contributed by atoms with Crippen molar-refractivity contribution in [1.82, 2.24) is 25.2 Å². The lowest BCUT2D eigenvalue weighted by molar-refractivity contribution is 0.0913. The Morgan fingerprint density at radius 3 is 2.63 bits per heavy atom. The molecule has 0 radical (unpaired) electrons. The van der Waals surface area contributed by atoms with Crippen LogP contribution in [0.4, 0.5) is 0 Å². The number of nitrogens with zero attached hydrogens (tertiary/aromatic N) is 4. The van der Waals surface area contributed by atoms with Crippen LogP contribution in [-0.4, -0.2) is 45.4 Å². The van der Waals surface area contributed by atoms with Crippen molar-refractivity contribution in [1.29, 1.82) is 0 Å². The number of hydrogen-bond donors (Lipinski definition) is 1. The third-order valence-corrected chi connectivity index (χ3v) is 4.85. The topological polar surface area (TPSA) is 93.3 Å². The first-order valence-electron chi connectivity index (χ1n) is 9.12. The molecule has 0 unspecified atom stereocenters. The fourth-order valence-electron chi connectivity index (χ4n) is 3.41. The van der Waals surface area contributed by atoms with E-state index >= 15 is 0 Å². The van der Waals surface area contributed by atoms with E-state index in [0.717, 1.165) is 25.0 Å². The summed E-state index contributed by atoms with van der Waals surface area (Å²) in [6.45, 7) is 3.68. The maximum Gasteiger partial charge on any atom is 0.290 e. The van der Waals surface area contributed by atoms with Gasteiger partial charge in [0, 0.05) is 18.0 Å². The molecule has 1 aromatic carbocycles. The Kier molecular flexibility index (Phi) is 4.97. The molecule has 1 fully saturated rings. The number of benzene rings is 1. The van der Waals surface area contributed by atoms with E-state index in [2.05, 4.69) is 20.5 Å². The predicted octanol–water partition coefficient (Wildman–Crippen LogP) is 1.41. The van der Waals surface area contributed by atoms with Gasteiger partial charge in [0.05, 0.1) is 30.4 Å². The first-order valence-corrected chi connectivity index (χ1v) is 9.12. The molecular formula is C19H21N5O3. The highest BCUT2D eigenvalue weighted by Crippen LogP contribution is 2.14. The summed E-state index contributed by atoms with van der Waals surface area (Å²) in [5, 5.41) is 12.2. The standard InChI is InChI=1S/C19H21N5O3/c25-18(17-7-8-21-27-17)20-13-16-14-5-1-2-6-15(14)19(26)24(22-16)12-11-23-9-3-4-10-23/h1-2,5-8H,3-4,9-13H2,(H,20,25). The minimum Gasteiger partial charge on any atom is -0.351 e. The Labute approximate surface area is 155 Å². The fourth-order valence-corrected chi connectivity index (χ4v) is 3.41. The second-order valence-electron chi connectivity index (χ2n) is 6.63. The summed E-state index contributed by atoms with van der Waals surface area (Å²) in [5.74, 6) is -0.227. The first kappa shape index (κ1) is 17.4. The minimum atomic E-state index is -0.367. The molecule has 3 aromatic rings. The second kappa shape index (κ2) is 7.71. The van der Waals surface area contributed by atoms with Gasteiger partial charge in [0.15, 0.2) is 0 Å². The zero-order valence-corrected chi connectivity index (χ0v) is 14.9. The summed E-state index contributed by atoms with van der Waals surface area (Å²) in [4.78, 5) is 27.2. The average molecular weight is 367 g/mol. The van der Waals surface area contributed by atoms with Gasteiger partial charge in [-0.3, -0.25) is 9.59 Å². The van der Waals surface area contributed by atoms with Gasteiger partial charge in [-0.1, -0.05) is 23.4 Å². The van der Waals surface area contributed by atoms with Gasteiger partial charge in [0.2, 0.25) is 5.76 Å². The molecule has 0 atom stereocenters. The maximum atomic E-state index is 12.8. The average Bonchev–Trinajstić information content (AvgIpc) is 3.40. The molecule has 4 rings (SSSR count). The van der Waals surface area contributed by atoms with Crippen molar-refractivity contribution in [2.45, 2.75) is 25.9 Å².